The minimum absolute atomic E-state index is 0.373. The lowest BCUT2D eigenvalue weighted by atomic mass is 9.83. The van der Waals surface area contributed by atoms with Crippen molar-refractivity contribution in [1.29, 1.82) is 0 Å². The molecule has 0 aromatic carbocycles. The van der Waals surface area contributed by atoms with Crippen LogP contribution in [-0.4, -0.2) is 5.11 Å². The van der Waals surface area contributed by atoms with Crippen molar-refractivity contribution in [3.05, 3.63) is 49.1 Å². The lowest BCUT2D eigenvalue weighted by Crippen LogP contribution is -2.58. The van der Waals surface area contributed by atoms with Gasteiger partial charge in [0.2, 0.25) is 0 Å². The molecule has 15 heavy (non-hydrogen) atoms. The normalized spacial score (nSPS) is 11.1. The van der Waals surface area contributed by atoms with Crippen LogP contribution in [0.4, 0.5) is 4.39 Å². The SMILES string of the molecule is C=CC[B-](Cl)(Cl)[n+]1cc(F)ccc1C=C. The van der Waals surface area contributed by atoms with Crippen molar-refractivity contribution >= 4 is 34.1 Å². The average Bonchev–Trinajstić information content (AvgIpc) is 2.17. The van der Waals surface area contributed by atoms with E-state index >= 15 is 0 Å². The molecule has 1 nitrogen and oxygen atoms in total. The molecule has 0 fully saturated rings. The molecule has 0 atom stereocenters. The first-order valence-electron chi connectivity index (χ1n) is 4.49. The summed E-state index contributed by atoms with van der Waals surface area (Å²) in [5.41, 5.74) is 0.670. The molecule has 0 spiro atoms. The van der Waals surface area contributed by atoms with Crippen LogP contribution >= 0.6 is 22.9 Å². The van der Waals surface area contributed by atoms with Crippen molar-refractivity contribution in [3.63, 3.8) is 0 Å². The molecule has 5 heteroatoms. The number of halogens is 3. The third kappa shape index (κ3) is 2.83. The lowest BCUT2D eigenvalue weighted by Gasteiger charge is -2.21. The zero-order valence-electron chi connectivity index (χ0n) is 8.17. The van der Waals surface area contributed by atoms with E-state index in [4.69, 9.17) is 22.9 Å². The summed E-state index contributed by atoms with van der Waals surface area (Å²) in [6.45, 7) is 7.18. The monoisotopic (exact) mass is 245 g/mol. The minimum atomic E-state index is -1.92. The first kappa shape index (κ1) is 12.3. The predicted molar refractivity (Wildman–Crippen MR) is 64.5 cm³/mol. The third-order valence-corrected chi connectivity index (χ3v) is 2.82. The molecule has 0 saturated heterocycles. The van der Waals surface area contributed by atoms with E-state index in [0.717, 1.165) is 0 Å². The number of rotatable bonds is 4. The minimum Gasteiger partial charge on any atom is -0.390 e. The van der Waals surface area contributed by atoms with Gasteiger partial charge in [-0.2, -0.15) is 0 Å². The maximum absolute atomic E-state index is 13.1. The van der Waals surface area contributed by atoms with E-state index in [1.54, 1.807) is 18.2 Å². The third-order valence-electron chi connectivity index (χ3n) is 2.04. The van der Waals surface area contributed by atoms with Crippen LogP contribution in [0.1, 0.15) is 5.69 Å². The first-order valence-corrected chi connectivity index (χ1v) is 5.36. The molecule has 0 aliphatic carbocycles. The van der Waals surface area contributed by atoms with Crippen molar-refractivity contribution in [2.75, 3.05) is 0 Å². The Morgan fingerprint density at radius 3 is 2.60 bits per heavy atom. The standard InChI is InChI=1S/C10H11BCl2FN/c1-3-7-11(12,13)15-8-9(14)5-6-10(15)4-2/h3-6,8H,1-2,7H2. The van der Waals surface area contributed by atoms with Crippen LogP contribution in [0, 0.1) is 5.82 Å². The highest BCUT2D eigenvalue weighted by Gasteiger charge is 2.32. The van der Waals surface area contributed by atoms with Crippen LogP contribution in [-0.2, 0) is 0 Å². The Hall–Kier alpha value is -0.795. The van der Waals surface area contributed by atoms with Crippen LogP contribution in [0.2, 0.25) is 6.32 Å². The lowest BCUT2D eigenvalue weighted by molar-refractivity contribution is -0.541. The Kier molecular flexibility index (Phi) is 3.94. The quantitative estimate of drug-likeness (QED) is 0.567. The molecule has 0 radical (unpaired) electrons. The summed E-state index contributed by atoms with van der Waals surface area (Å²) in [6, 6.07) is 2.91. The highest BCUT2D eigenvalue weighted by molar-refractivity contribution is 7.41. The molecule has 0 aliphatic heterocycles. The summed E-state index contributed by atoms with van der Waals surface area (Å²) >= 11 is 12.2. The average molecular weight is 246 g/mol. The molecule has 1 aromatic rings. The van der Waals surface area contributed by atoms with Crippen LogP contribution in [0.25, 0.3) is 6.08 Å². The fourth-order valence-corrected chi connectivity index (χ4v) is 1.91. The van der Waals surface area contributed by atoms with Gasteiger partial charge in [0, 0.05) is 6.07 Å². The molecule has 0 bridgehead atoms. The van der Waals surface area contributed by atoms with E-state index in [-0.39, 0.29) is 0 Å². The van der Waals surface area contributed by atoms with Gasteiger partial charge in [-0.05, 0) is 12.1 Å². The van der Waals surface area contributed by atoms with Gasteiger partial charge in [-0.1, -0.05) is 12.9 Å². The van der Waals surface area contributed by atoms with E-state index in [1.807, 2.05) is 0 Å². The van der Waals surface area contributed by atoms with Crippen molar-refractivity contribution in [3.8, 4) is 0 Å². The van der Waals surface area contributed by atoms with E-state index in [9.17, 15) is 4.39 Å². The number of hydrogen-bond acceptors (Lipinski definition) is 0. The van der Waals surface area contributed by atoms with Crippen molar-refractivity contribution in [1.82, 2.24) is 0 Å². The van der Waals surface area contributed by atoms with Gasteiger partial charge in [0.25, 0.3) is 0 Å². The van der Waals surface area contributed by atoms with Crippen LogP contribution in [0.5, 0.6) is 0 Å². The van der Waals surface area contributed by atoms with Crippen molar-refractivity contribution < 1.29 is 8.87 Å². The smallest absolute Gasteiger partial charge is 0.390 e. The number of pyridine rings is 1. The van der Waals surface area contributed by atoms with Crippen LogP contribution in [0.15, 0.2) is 37.6 Å². The van der Waals surface area contributed by atoms with Gasteiger partial charge < -0.3 is 4.48 Å². The molecular formula is C10H11BCl2FN. The van der Waals surface area contributed by atoms with E-state index in [1.165, 1.54) is 16.7 Å². The maximum Gasteiger partial charge on any atom is 0.450 e. The summed E-state index contributed by atoms with van der Waals surface area (Å²) in [5, 5.41) is -1.92. The van der Waals surface area contributed by atoms with Crippen LogP contribution in [0.3, 0.4) is 0 Å². The second-order valence-electron chi connectivity index (χ2n) is 3.18. The fraction of sp³-hybridized carbons (Fsp3) is 0.100. The van der Waals surface area contributed by atoms with Gasteiger partial charge >= 0.3 is 5.11 Å². The van der Waals surface area contributed by atoms with Gasteiger partial charge in [-0.3, -0.25) is 22.9 Å². The van der Waals surface area contributed by atoms with Crippen molar-refractivity contribution in [2.24, 2.45) is 0 Å². The Balaban J connectivity index is 3.26. The van der Waals surface area contributed by atoms with Crippen molar-refractivity contribution in [2.45, 2.75) is 6.32 Å². The second-order valence-corrected chi connectivity index (χ2v) is 4.84. The van der Waals surface area contributed by atoms with E-state index in [2.05, 4.69) is 13.2 Å². The predicted octanol–water partition coefficient (Wildman–Crippen LogP) is 3.21. The van der Waals surface area contributed by atoms with Crippen LogP contribution < -0.4 is 4.48 Å². The highest BCUT2D eigenvalue weighted by Crippen LogP contribution is 2.18. The van der Waals surface area contributed by atoms with Gasteiger partial charge in [0.05, 0.1) is 0 Å². The Morgan fingerprint density at radius 1 is 1.40 bits per heavy atom. The molecule has 0 unspecified atom stereocenters. The summed E-state index contributed by atoms with van der Waals surface area (Å²) in [7, 11) is 0. The van der Waals surface area contributed by atoms with Gasteiger partial charge in [-0.25, -0.2) is 4.39 Å². The van der Waals surface area contributed by atoms with Gasteiger partial charge in [0.15, 0.2) is 17.7 Å². The molecule has 0 N–H and O–H groups in total. The summed E-state index contributed by atoms with van der Waals surface area (Å²) in [6.07, 6.45) is 4.81. The molecule has 1 heterocycles. The summed E-state index contributed by atoms with van der Waals surface area (Å²) < 4.78 is 14.5. The van der Waals surface area contributed by atoms with Gasteiger partial charge in [-0.15, -0.1) is 12.7 Å². The molecule has 0 amide bonds. The zero-order valence-corrected chi connectivity index (χ0v) is 9.68. The number of hydrogen-bond donors (Lipinski definition) is 0. The molecule has 0 aliphatic rings. The molecule has 1 rings (SSSR count). The fourth-order valence-electron chi connectivity index (χ4n) is 1.32. The Morgan fingerprint density at radius 2 is 2.07 bits per heavy atom. The number of nitrogens with zero attached hydrogens (tertiary/aromatic N) is 1. The topological polar surface area (TPSA) is 3.88 Å². The summed E-state index contributed by atoms with van der Waals surface area (Å²) in [4.78, 5) is 0. The first-order chi connectivity index (χ1) is 7.01. The second kappa shape index (κ2) is 4.82. The molecule has 0 saturated carbocycles. The maximum atomic E-state index is 13.1. The molecular weight excluding hydrogens is 235 g/mol. The van der Waals surface area contributed by atoms with Gasteiger partial charge in [0.1, 0.15) is 0 Å². The largest absolute Gasteiger partial charge is 0.450 e. The molecule has 80 valence electrons. The summed E-state index contributed by atoms with van der Waals surface area (Å²) in [5.74, 6) is -0.391. The molecule has 1 aromatic heterocycles. The zero-order chi connectivity index (χ0) is 11.5. The number of allylic oxidation sites excluding steroid dienone is 1. The number of aromatic nitrogens is 1. The highest BCUT2D eigenvalue weighted by atomic mass is 35.5. The Bertz CT molecular complexity index is 393. The Labute approximate surface area is 98.6 Å². The van der Waals surface area contributed by atoms with E-state index in [0.29, 0.717) is 12.0 Å². The van der Waals surface area contributed by atoms with E-state index < -0.39 is 10.9 Å².